The Labute approximate surface area is 73.4 Å². The molecule has 2 radical (unpaired) electrons. The molecule has 0 aromatic heterocycles. The Kier molecular flexibility index (Phi) is 3.72. The van der Waals surface area contributed by atoms with Crippen LogP contribution in [-0.4, -0.2) is 0 Å². The second-order valence-corrected chi connectivity index (χ2v) is 2.25. The number of benzene rings is 1. The molecule has 0 amide bonds. The van der Waals surface area contributed by atoms with Crippen molar-refractivity contribution in [2.75, 3.05) is 5.32 Å². The number of para-hydroxylation sites is 1. The van der Waals surface area contributed by atoms with Gasteiger partial charge in [-0.15, -0.1) is 0 Å². The van der Waals surface area contributed by atoms with E-state index in [0.29, 0.717) is 0 Å². The van der Waals surface area contributed by atoms with Gasteiger partial charge in [0.05, 0.1) is 0 Å². The van der Waals surface area contributed by atoms with Crippen molar-refractivity contribution in [3.63, 3.8) is 0 Å². The lowest BCUT2D eigenvalue weighted by Gasteiger charge is -1.96. The topological polar surface area (TPSA) is 12.0 Å². The molecule has 0 atom stereocenters. The third-order valence-corrected chi connectivity index (χ3v) is 1.34. The summed E-state index contributed by atoms with van der Waals surface area (Å²) < 4.78 is 0. The first-order valence-electron chi connectivity index (χ1n) is 3.78. The van der Waals surface area contributed by atoms with Crippen LogP contribution in [0.4, 0.5) is 5.69 Å². The van der Waals surface area contributed by atoms with Crippen molar-refractivity contribution in [2.45, 2.75) is 0 Å². The second kappa shape index (κ2) is 5.19. The van der Waals surface area contributed by atoms with Gasteiger partial charge in [-0.25, -0.2) is 0 Å². The standard InChI is InChI=1S/C11H11N/c1-2-3-7-10-12-11-8-5-4-6-9-11/h1-10,12H. The van der Waals surface area contributed by atoms with Crippen LogP contribution < -0.4 is 5.32 Å². The minimum atomic E-state index is 1.07. The molecule has 1 aromatic carbocycles. The van der Waals surface area contributed by atoms with Crippen LogP contribution in [0.25, 0.3) is 0 Å². The maximum Gasteiger partial charge on any atom is 0.0379 e. The Morgan fingerprint density at radius 3 is 2.50 bits per heavy atom. The van der Waals surface area contributed by atoms with Crippen LogP contribution in [0.1, 0.15) is 0 Å². The van der Waals surface area contributed by atoms with Gasteiger partial charge in [0.15, 0.2) is 0 Å². The van der Waals surface area contributed by atoms with Crippen LogP contribution in [0, 0.1) is 6.92 Å². The number of anilines is 1. The summed E-state index contributed by atoms with van der Waals surface area (Å²) >= 11 is 0. The van der Waals surface area contributed by atoms with E-state index in [9.17, 15) is 0 Å². The third kappa shape index (κ3) is 3.06. The number of hydrogen-bond donors (Lipinski definition) is 1. The van der Waals surface area contributed by atoms with E-state index < -0.39 is 0 Å². The van der Waals surface area contributed by atoms with Gasteiger partial charge in [-0.05, 0) is 25.1 Å². The van der Waals surface area contributed by atoms with Gasteiger partial charge in [-0.2, -0.15) is 0 Å². The monoisotopic (exact) mass is 157 g/mol. The Morgan fingerprint density at radius 1 is 1.08 bits per heavy atom. The summed E-state index contributed by atoms with van der Waals surface area (Å²) in [6.45, 7) is 5.15. The predicted molar refractivity (Wildman–Crippen MR) is 52.6 cm³/mol. The lowest BCUT2D eigenvalue weighted by Crippen LogP contribution is -1.84. The number of rotatable bonds is 3. The van der Waals surface area contributed by atoms with Gasteiger partial charge >= 0.3 is 0 Å². The second-order valence-electron chi connectivity index (χ2n) is 2.25. The first-order chi connectivity index (χ1) is 5.93. The summed E-state index contributed by atoms with van der Waals surface area (Å²) in [6.07, 6.45) is 6.92. The molecule has 0 aliphatic rings. The Morgan fingerprint density at radius 2 is 1.83 bits per heavy atom. The number of hydrogen-bond acceptors (Lipinski definition) is 1. The van der Waals surface area contributed by atoms with E-state index in [1.54, 1.807) is 6.08 Å². The molecule has 0 aliphatic carbocycles. The highest BCUT2D eigenvalue weighted by Crippen LogP contribution is 2.03. The first-order valence-corrected chi connectivity index (χ1v) is 3.78. The summed E-state index contributed by atoms with van der Waals surface area (Å²) in [5.74, 6) is 0. The fraction of sp³-hybridized carbons (Fsp3) is 0. The molecule has 1 nitrogen and oxygen atoms in total. The summed E-state index contributed by atoms with van der Waals surface area (Å²) in [5.41, 5.74) is 1.07. The van der Waals surface area contributed by atoms with E-state index >= 15 is 0 Å². The zero-order valence-corrected chi connectivity index (χ0v) is 6.77. The maximum atomic E-state index is 5.15. The molecular formula is C11H11N. The Hall–Kier alpha value is -1.50. The van der Waals surface area contributed by atoms with Gasteiger partial charge in [0.2, 0.25) is 0 Å². The molecule has 0 aliphatic heterocycles. The van der Waals surface area contributed by atoms with Crippen LogP contribution >= 0.6 is 0 Å². The average Bonchev–Trinajstić information content (AvgIpc) is 2.14. The average molecular weight is 157 g/mol. The van der Waals surface area contributed by atoms with Crippen molar-refractivity contribution < 1.29 is 0 Å². The van der Waals surface area contributed by atoms with Gasteiger partial charge in [0.1, 0.15) is 0 Å². The first kappa shape index (κ1) is 8.60. The molecule has 0 saturated carbocycles. The smallest absolute Gasteiger partial charge is 0.0379 e. The fourth-order valence-corrected chi connectivity index (χ4v) is 0.798. The highest BCUT2D eigenvalue weighted by atomic mass is 14.8. The molecule has 0 bridgehead atoms. The van der Waals surface area contributed by atoms with Gasteiger partial charge in [-0.1, -0.05) is 30.4 Å². The highest BCUT2D eigenvalue weighted by Gasteiger charge is 1.81. The van der Waals surface area contributed by atoms with E-state index in [1.807, 2.05) is 42.6 Å². The van der Waals surface area contributed by atoms with Gasteiger partial charge in [-0.3, -0.25) is 0 Å². The molecule has 1 N–H and O–H groups in total. The minimum Gasteiger partial charge on any atom is -0.362 e. The summed E-state index contributed by atoms with van der Waals surface area (Å²) in [4.78, 5) is 0. The predicted octanol–water partition coefficient (Wildman–Crippen LogP) is 2.88. The molecule has 1 heteroatoms. The largest absolute Gasteiger partial charge is 0.362 e. The zero-order valence-electron chi connectivity index (χ0n) is 6.77. The summed E-state index contributed by atoms with van der Waals surface area (Å²) in [7, 11) is 0. The van der Waals surface area contributed by atoms with Gasteiger partial charge in [0.25, 0.3) is 0 Å². The summed E-state index contributed by atoms with van der Waals surface area (Å²) in [6, 6.07) is 9.94. The lowest BCUT2D eigenvalue weighted by atomic mass is 10.3. The normalized spacial score (nSPS) is 11.1. The molecule has 0 fully saturated rings. The van der Waals surface area contributed by atoms with E-state index in [4.69, 9.17) is 6.92 Å². The molecule has 60 valence electrons. The van der Waals surface area contributed by atoms with Crippen molar-refractivity contribution in [1.82, 2.24) is 0 Å². The third-order valence-electron chi connectivity index (χ3n) is 1.34. The summed E-state index contributed by atoms with van der Waals surface area (Å²) in [5, 5.41) is 3.09. The molecule has 1 aromatic rings. The van der Waals surface area contributed by atoms with Gasteiger partial charge < -0.3 is 5.32 Å². The maximum absolute atomic E-state index is 5.15. The van der Waals surface area contributed by atoms with Crippen molar-refractivity contribution in [1.29, 1.82) is 0 Å². The fourth-order valence-electron chi connectivity index (χ4n) is 0.798. The van der Waals surface area contributed by atoms with Crippen LogP contribution in [0.15, 0.2) is 54.8 Å². The molecule has 12 heavy (non-hydrogen) atoms. The number of nitrogens with one attached hydrogen (secondary N) is 1. The zero-order chi connectivity index (χ0) is 8.65. The highest BCUT2D eigenvalue weighted by molar-refractivity contribution is 5.45. The van der Waals surface area contributed by atoms with Crippen LogP contribution in [0.2, 0.25) is 0 Å². The van der Waals surface area contributed by atoms with Crippen molar-refractivity contribution in [2.24, 2.45) is 0 Å². The van der Waals surface area contributed by atoms with Gasteiger partial charge in [0, 0.05) is 11.9 Å². The van der Waals surface area contributed by atoms with E-state index in [0.717, 1.165) is 5.69 Å². The van der Waals surface area contributed by atoms with E-state index in [1.165, 1.54) is 6.08 Å². The quantitative estimate of drug-likeness (QED) is 0.665. The van der Waals surface area contributed by atoms with Crippen molar-refractivity contribution in [3.05, 3.63) is 61.7 Å². The van der Waals surface area contributed by atoms with Crippen LogP contribution in [-0.2, 0) is 0 Å². The lowest BCUT2D eigenvalue weighted by molar-refractivity contribution is 1.58. The van der Waals surface area contributed by atoms with Crippen LogP contribution in [0.3, 0.4) is 0 Å². The van der Waals surface area contributed by atoms with E-state index in [2.05, 4.69) is 5.32 Å². The Bertz CT molecular complexity index is 260. The minimum absolute atomic E-state index is 1.07. The van der Waals surface area contributed by atoms with Crippen molar-refractivity contribution in [3.8, 4) is 0 Å². The number of allylic oxidation sites excluding steroid dienone is 3. The SMILES string of the molecule is [CH]C=CC=CNc1ccccc1. The molecule has 0 spiro atoms. The van der Waals surface area contributed by atoms with E-state index in [-0.39, 0.29) is 0 Å². The van der Waals surface area contributed by atoms with Crippen molar-refractivity contribution >= 4 is 5.69 Å². The Balaban J connectivity index is 2.43. The molecule has 0 saturated heterocycles. The van der Waals surface area contributed by atoms with Crippen LogP contribution in [0.5, 0.6) is 0 Å². The molecule has 1 rings (SSSR count). The molecule has 0 heterocycles. The molecular weight excluding hydrogens is 146 g/mol. The molecule has 0 unspecified atom stereocenters.